The molecule has 50 valence electrons. The maximum atomic E-state index is 4.17. The first-order valence-corrected chi connectivity index (χ1v) is 3.14. The summed E-state index contributed by atoms with van der Waals surface area (Å²) in [5.41, 5.74) is 1.03. The summed E-state index contributed by atoms with van der Waals surface area (Å²) in [4.78, 5) is 0. The maximum absolute atomic E-state index is 4.17. The van der Waals surface area contributed by atoms with E-state index >= 15 is 0 Å². The van der Waals surface area contributed by atoms with Gasteiger partial charge >= 0.3 is 58.2 Å². The smallest absolute Gasteiger partial charge is 0.374 e. The second-order valence-electron chi connectivity index (χ2n) is 2.45. The number of nitrogens with zero attached hydrogens (tertiary/aromatic N) is 2. The molecule has 0 aliphatic heterocycles. The molecule has 0 amide bonds. The summed E-state index contributed by atoms with van der Waals surface area (Å²) in [6.45, 7) is 6.14. The van der Waals surface area contributed by atoms with Gasteiger partial charge in [0.1, 0.15) is 0 Å². The fourth-order valence-corrected chi connectivity index (χ4v) is 0.652. The summed E-state index contributed by atoms with van der Waals surface area (Å²) >= 11 is 0. The molecule has 0 spiro atoms. The van der Waals surface area contributed by atoms with Crippen LogP contribution >= 0.6 is 0 Å². The van der Waals surface area contributed by atoms with Crippen molar-refractivity contribution in [2.24, 2.45) is 0 Å². The van der Waals surface area contributed by atoms with Crippen LogP contribution in [0.2, 0.25) is 0 Å². The van der Waals surface area contributed by atoms with Crippen LogP contribution in [0.15, 0.2) is 6.07 Å². The SMILES string of the molecule is Cc1c[c-]n(C(C)C)n1.[Rb+]. The van der Waals surface area contributed by atoms with Crippen molar-refractivity contribution in [2.75, 3.05) is 0 Å². The van der Waals surface area contributed by atoms with Crippen molar-refractivity contribution >= 4 is 0 Å². The summed E-state index contributed by atoms with van der Waals surface area (Å²) in [7, 11) is 0. The Morgan fingerprint density at radius 3 is 2.40 bits per heavy atom. The van der Waals surface area contributed by atoms with Crippen LogP contribution in [0.5, 0.6) is 0 Å². The predicted molar refractivity (Wildman–Crippen MR) is 36.2 cm³/mol. The van der Waals surface area contributed by atoms with Crippen LogP contribution in [0.25, 0.3) is 0 Å². The van der Waals surface area contributed by atoms with E-state index in [1.807, 2.05) is 17.7 Å². The van der Waals surface area contributed by atoms with E-state index in [0.29, 0.717) is 6.04 Å². The largest absolute Gasteiger partial charge is 1.00 e. The van der Waals surface area contributed by atoms with Crippen molar-refractivity contribution in [1.82, 2.24) is 9.78 Å². The van der Waals surface area contributed by atoms with E-state index in [1.165, 1.54) is 0 Å². The predicted octanol–water partition coefficient (Wildman–Crippen LogP) is -1.42. The van der Waals surface area contributed by atoms with E-state index in [4.69, 9.17) is 0 Å². The second-order valence-corrected chi connectivity index (χ2v) is 2.45. The summed E-state index contributed by atoms with van der Waals surface area (Å²) in [5.74, 6) is 0. The first-order chi connectivity index (χ1) is 4.20. The molecular formula is C7H11N2Rb. The Labute approximate surface area is 111 Å². The van der Waals surface area contributed by atoms with Gasteiger partial charge in [0, 0.05) is 6.04 Å². The second kappa shape index (κ2) is 4.81. The molecule has 0 aromatic carbocycles. The molecule has 1 aromatic heterocycles. The molecule has 1 heterocycles. The van der Waals surface area contributed by atoms with E-state index in [2.05, 4.69) is 25.1 Å². The Kier molecular flexibility index (Phi) is 5.29. The van der Waals surface area contributed by atoms with Crippen LogP contribution in [-0.2, 0) is 0 Å². The fourth-order valence-electron chi connectivity index (χ4n) is 0.652. The van der Waals surface area contributed by atoms with Gasteiger partial charge < -0.3 is 4.68 Å². The van der Waals surface area contributed by atoms with Crippen molar-refractivity contribution in [2.45, 2.75) is 26.8 Å². The Bertz CT molecular complexity index is 193. The molecule has 0 unspecified atom stereocenters. The van der Waals surface area contributed by atoms with Gasteiger partial charge in [-0.25, -0.2) is 0 Å². The normalized spacial score (nSPS) is 9.60. The summed E-state index contributed by atoms with van der Waals surface area (Å²) in [6.07, 6.45) is 3.01. The van der Waals surface area contributed by atoms with Crippen LogP contribution in [0.4, 0.5) is 0 Å². The van der Waals surface area contributed by atoms with Crippen LogP contribution < -0.4 is 58.2 Å². The Morgan fingerprint density at radius 2 is 2.20 bits per heavy atom. The van der Waals surface area contributed by atoms with Crippen molar-refractivity contribution in [3.8, 4) is 0 Å². The fraction of sp³-hybridized carbons (Fsp3) is 0.571. The molecule has 10 heavy (non-hydrogen) atoms. The zero-order chi connectivity index (χ0) is 6.85. The van der Waals surface area contributed by atoms with Gasteiger partial charge in [-0.05, 0) is 13.8 Å². The van der Waals surface area contributed by atoms with Crippen molar-refractivity contribution in [3.63, 3.8) is 0 Å². The molecule has 0 aliphatic carbocycles. The van der Waals surface area contributed by atoms with E-state index in [-0.39, 0.29) is 58.2 Å². The van der Waals surface area contributed by atoms with Gasteiger partial charge in [0.2, 0.25) is 0 Å². The molecule has 1 aromatic rings. The molecular weight excluding hydrogens is 198 g/mol. The van der Waals surface area contributed by atoms with E-state index in [1.54, 1.807) is 0 Å². The Hall–Kier alpha value is 1.02. The average molecular weight is 209 g/mol. The van der Waals surface area contributed by atoms with Gasteiger partial charge in [-0.1, -0.05) is 12.6 Å². The molecule has 0 atom stereocenters. The third kappa shape index (κ3) is 2.95. The zero-order valence-corrected chi connectivity index (χ0v) is 12.0. The van der Waals surface area contributed by atoms with Gasteiger partial charge in [0.15, 0.2) is 0 Å². The van der Waals surface area contributed by atoms with Crippen LogP contribution in [0.3, 0.4) is 0 Å². The van der Waals surface area contributed by atoms with Crippen LogP contribution in [0, 0.1) is 13.1 Å². The molecule has 0 aliphatic rings. The Morgan fingerprint density at radius 1 is 1.60 bits per heavy atom. The topological polar surface area (TPSA) is 17.8 Å². The quantitative estimate of drug-likeness (QED) is 0.518. The standard InChI is InChI=1S/C7H11N2.Rb/c1-6(2)9-5-4-7(3)8-9;/h4,6H,1-3H3;/q-1;+1. The number of aryl methyl sites for hydroxylation is 1. The molecule has 2 nitrogen and oxygen atoms in total. The molecule has 1 rings (SSSR count). The van der Waals surface area contributed by atoms with Gasteiger partial charge in [-0.3, -0.25) is 5.10 Å². The Balaban J connectivity index is 0.000000810. The maximum Gasteiger partial charge on any atom is 1.00 e. The first-order valence-electron chi connectivity index (χ1n) is 3.14. The van der Waals surface area contributed by atoms with Crippen molar-refractivity contribution in [3.05, 3.63) is 18.0 Å². The van der Waals surface area contributed by atoms with Gasteiger partial charge in [0.25, 0.3) is 0 Å². The molecule has 0 saturated heterocycles. The minimum absolute atomic E-state index is 0. The molecule has 0 fully saturated rings. The summed E-state index contributed by atoms with van der Waals surface area (Å²) in [6, 6.07) is 2.32. The number of aromatic nitrogens is 2. The zero-order valence-electron chi connectivity index (χ0n) is 7.05. The third-order valence-corrected chi connectivity index (χ3v) is 1.16. The number of hydrogen-bond donors (Lipinski definition) is 0. The molecule has 3 heteroatoms. The van der Waals surface area contributed by atoms with Gasteiger partial charge in [-0.15, -0.1) is 6.20 Å². The van der Waals surface area contributed by atoms with Crippen LogP contribution in [-0.4, -0.2) is 9.78 Å². The summed E-state index contributed by atoms with van der Waals surface area (Å²) < 4.78 is 1.83. The molecule has 0 bridgehead atoms. The monoisotopic (exact) mass is 208 g/mol. The molecule has 0 radical (unpaired) electrons. The van der Waals surface area contributed by atoms with Crippen molar-refractivity contribution < 1.29 is 58.2 Å². The van der Waals surface area contributed by atoms with E-state index in [0.717, 1.165) is 5.69 Å². The summed E-state index contributed by atoms with van der Waals surface area (Å²) in [5, 5.41) is 4.17. The van der Waals surface area contributed by atoms with E-state index in [9.17, 15) is 0 Å². The number of hydrogen-bond acceptors (Lipinski definition) is 1. The molecule has 0 saturated carbocycles. The van der Waals surface area contributed by atoms with Gasteiger partial charge in [-0.2, -0.15) is 6.07 Å². The van der Waals surface area contributed by atoms with Crippen molar-refractivity contribution in [1.29, 1.82) is 0 Å². The average Bonchev–Trinajstić information content (AvgIpc) is 2.14. The third-order valence-electron chi connectivity index (χ3n) is 1.16. The minimum atomic E-state index is 0. The van der Waals surface area contributed by atoms with E-state index < -0.39 is 0 Å². The first kappa shape index (κ1) is 11.0. The minimum Gasteiger partial charge on any atom is -0.374 e. The molecule has 0 N–H and O–H groups in total. The number of rotatable bonds is 1. The van der Waals surface area contributed by atoms with Gasteiger partial charge in [0.05, 0.1) is 0 Å². The van der Waals surface area contributed by atoms with Crippen LogP contribution in [0.1, 0.15) is 25.6 Å².